The molecule has 5 unspecified atom stereocenters. The lowest BCUT2D eigenvalue weighted by Gasteiger charge is -2.40. The van der Waals surface area contributed by atoms with Crippen molar-refractivity contribution in [3.8, 4) is 5.75 Å². The van der Waals surface area contributed by atoms with Crippen LogP contribution < -0.4 is 9.64 Å². The largest absolute Gasteiger partial charge is 0.494 e. The molecule has 0 N–H and O–H groups in total. The molecule has 1 aromatic heterocycles. The van der Waals surface area contributed by atoms with Crippen molar-refractivity contribution in [2.45, 2.75) is 59.6 Å². The summed E-state index contributed by atoms with van der Waals surface area (Å²) in [7, 11) is 0. The molecule has 0 bridgehead atoms. The Kier molecular flexibility index (Phi) is 5.55. The van der Waals surface area contributed by atoms with Crippen molar-refractivity contribution in [3.05, 3.63) is 51.7 Å². The second-order valence-electron chi connectivity index (χ2n) is 9.52. The summed E-state index contributed by atoms with van der Waals surface area (Å²) in [4.78, 5) is 35.0. The third-order valence-corrected chi connectivity index (χ3v) is 8.49. The van der Waals surface area contributed by atoms with Gasteiger partial charge in [0.1, 0.15) is 11.9 Å². The van der Waals surface area contributed by atoms with Crippen LogP contribution in [0.4, 0.5) is 5.13 Å². The number of nitrogens with zero attached hydrogens (tertiary/aromatic N) is 2. The summed E-state index contributed by atoms with van der Waals surface area (Å²) < 4.78 is 12.1. The number of rotatable bonds is 4. The number of Topliss-reactive ketones (excluding diaryl/α,β-unsaturated/α-hetero) is 1. The lowest BCUT2D eigenvalue weighted by Crippen LogP contribution is -2.43. The molecular formula is C26H30N2O4S. The molecule has 6 nitrogen and oxygen atoms in total. The normalized spacial score (nSPS) is 29.1. The molecule has 1 saturated carbocycles. The Bertz CT molecular complexity index is 1130. The average molecular weight is 467 g/mol. The molecule has 1 aliphatic carbocycles. The molecule has 7 heteroatoms. The lowest BCUT2D eigenvalue weighted by molar-refractivity contribution is -0.134. The minimum atomic E-state index is -0.569. The Morgan fingerprint density at radius 1 is 1.18 bits per heavy atom. The number of ether oxygens (including phenoxy) is 2. The maximum Gasteiger partial charge on any atom is 0.296 e. The highest BCUT2D eigenvalue weighted by Gasteiger charge is 2.54. The summed E-state index contributed by atoms with van der Waals surface area (Å²) in [6.45, 7) is 10.8. The Labute approximate surface area is 198 Å². The van der Waals surface area contributed by atoms with Crippen LogP contribution >= 0.6 is 11.3 Å². The van der Waals surface area contributed by atoms with Gasteiger partial charge in [0.05, 0.1) is 29.8 Å². The predicted octanol–water partition coefficient (Wildman–Crippen LogP) is 5.15. The fraction of sp³-hybridized carbons (Fsp3) is 0.500. The molecule has 174 valence electrons. The van der Waals surface area contributed by atoms with Gasteiger partial charge in [-0.3, -0.25) is 14.5 Å². The molecular weight excluding hydrogens is 436 g/mol. The van der Waals surface area contributed by atoms with Gasteiger partial charge >= 0.3 is 0 Å². The summed E-state index contributed by atoms with van der Waals surface area (Å²) in [5.41, 5.74) is 2.19. The first-order valence-electron chi connectivity index (χ1n) is 11.8. The second-order valence-corrected chi connectivity index (χ2v) is 10.7. The van der Waals surface area contributed by atoms with E-state index in [0.717, 1.165) is 29.0 Å². The lowest BCUT2D eigenvalue weighted by atomic mass is 9.70. The predicted molar refractivity (Wildman–Crippen MR) is 127 cm³/mol. The smallest absolute Gasteiger partial charge is 0.296 e. The van der Waals surface area contributed by atoms with Crippen LogP contribution in [0.15, 0.2) is 35.6 Å². The van der Waals surface area contributed by atoms with E-state index < -0.39 is 6.04 Å². The van der Waals surface area contributed by atoms with E-state index in [1.807, 2.05) is 45.0 Å². The number of thiazole rings is 1. The third-order valence-electron chi connectivity index (χ3n) is 7.42. The number of ketones is 1. The number of aryl methyl sites for hydroxylation is 2. The number of fused-ring (bicyclic) bond motifs is 1. The number of hydrogen-bond donors (Lipinski definition) is 0. The number of amides is 1. The van der Waals surface area contributed by atoms with Gasteiger partial charge in [0.15, 0.2) is 16.7 Å². The monoisotopic (exact) mass is 466 g/mol. The molecule has 0 radical (unpaired) electrons. The number of carbonyl (C=O) groups is 2. The van der Waals surface area contributed by atoms with Crippen molar-refractivity contribution in [2.75, 3.05) is 11.5 Å². The summed E-state index contributed by atoms with van der Waals surface area (Å²) in [5.74, 6) is 1.39. The van der Waals surface area contributed by atoms with Gasteiger partial charge in [-0.25, -0.2) is 4.98 Å². The molecule has 33 heavy (non-hydrogen) atoms. The van der Waals surface area contributed by atoms with Crippen LogP contribution in [0.2, 0.25) is 0 Å². The topological polar surface area (TPSA) is 68.7 Å². The van der Waals surface area contributed by atoms with E-state index in [1.165, 1.54) is 11.3 Å². The van der Waals surface area contributed by atoms with Crippen LogP contribution in [0.25, 0.3) is 0 Å². The summed E-state index contributed by atoms with van der Waals surface area (Å²) in [5, 5.41) is 0.595. The van der Waals surface area contributed by atoms with E-state index in [-0.39, 0.29) is 29.5 Å². The first-order chi connectivity index (χ1) is 15.8. The first kappa shape index (κ1) is 22.1. The number of anilines is 1. The van der Waals surface area contributed by atoms with Gasteiger partial charge in [0.25, 0.3) is 5.91 Å². The molecule has 3 aliphatic rings. The van der Waals surface area contributed by atoms with Gasteiger partial charge in [-0.05, 0) is 63.1 Å². The van der Waals surface area contributed by atoms with E-state index in [2.05, 4.69) is 18.8 Å². The van der Waals surface area contributed by atoms with Crippen LogP contribution in [0.3, 0.4) is 0 Å². The Morgan fingerprint density at radius 3 is 2.64 bits per heavy atom. The molecule has 1 fully saturated rings. The van der Waals surface area contributed by atoms with Crippen molar-refractivity contribution < 1.29 is 19.1 Å². The second kappa shape index (κ2) is 8.28. The number of carbonyl (C=O) groups excluding carboxylic acids is 2. The van der Waals surface area contributed by atoms with Crippen LogP contribution in [0.1, 0.15) is 55.8 Å². The zero-order valence-electron chi connectivity index (χ0n) is 19.8. The fourth-order valence-electron chi connectivity index (χ4n) is 5.27. The SMILES string of the molecule is CCOc1cccc(C2C3=C(OC4CC(C)C(C)CC4C3=O)C(=O)N2c2nc(C)c(C)s2)c1. The molecule has 2 aliphatic heterocycles. The van der Waals surface area contributed by atoms with E-state index in [4.69, 9.17) is 9.47 Å². The van der Waals surface area contributed by atoms with E-state index in [1.54, 1.807) is 4.90 Å². The van der Waals surface area contributed by atoms with Gasteiger partial charge in [-0.15, -0.1) is 11.3 Å². The highest BCUT2D eigenvalue weighted by molar-refractivity contribution is 7.15. The standard InChI is InChI=1S/C26H30N2O4S/c1-6-31-18-9-7-8-17(12-18)22-21-23(29)19-10-13(2)14(3)11-20(19)32-24(21)25(30)28(22)26-27-15(4)16(5)33-26/h7-9,12-14,19-20,22H,6,10-11H2,1-5H3. The van der Waals surface area contributed by atoms with Gasteiger partial charge in [-0.2, -0.15) is 0 Å². The summed E-state index contributed by atoms with van der Waals surface area (Å²) in [6, 6.07) is 7.09. The molecule has 5 atom stereocenters. The highest BCUT2D eigenvalue weighted by atomic mass is 32.1. The van der Waals surface area contributed by atoms with Crippen LogP contribution in [-0.2, 0) is 14.3 Å². The molecule has 2 aromatic rings. The van der Waals surface area contributed by atoms with Crippen LogP contribution in [0, 0.1) is 31.6 Å². The Morgan fingerprint density at radius 2 is 1.94 bits per heavy atom. The zero-order valence-corrected chi connectivity index (χ0v) is 20.6. The van der Waals surface area contributed by atoms with Gasteiger partial charge in [0.2, 0.25) is 0 Å². The maximum absolute atomic E-state index is 13.9. The molecule has 1 amide bonds. The summed E-state index contributed by atoms with van der Waals surface area (Å²) >= 11 is 1.47. The molecule has 0 saturated heterocycles. The average Bonchev–Trinajstić information content (AvgIpc) is 3.26. The van der Waals surface area contributed by atoms with Crippen molar-refractivity contribution in [1.82, 2.24) is 4.98 Å². The van der Waals surface area contributed by atoms with Gasteiger partial charge in [0, 0.05) is 4.88 Å². The Hall–Kier alpha value is -2.67. The quantitative estimate of drug-likeness (QED) is 0.623. The zero-order chi connectivity index (χ0) is 23.4. The third kappa shape index (κ3) is 3.57. The number of benzene rings is 1. The molecule has 1 aromatic carbocycles. The molecule has 5 rings (SSSR count). The maximum atomic E-state index is 13.9. The first-order valence-corrected chi connectivity index (χ1v) is 12.6. The van der Waals surface area contributed by atoms with Crippen molar-refractivity contribution in [3.63, 3.8) is 0 Å². The van der Waals surface area contributed by atoms with Crippen LogP contribution in [-0.4, -0.2) is 29.4 Å². The van der Waals surface area contributed by atoms with Gasteiger partial charge < -0.3 is 9.47 Å². The molecule has 3 heterocycles. The van der Waals surface area contributed by atoms with E-state index in [0.29, 0.717) is 34.9 Å². The fourth-order valence-corrected chi connectivity index (χ4v) is 6.21. The minimum Gasteiger partial charge on any atom is -0.494 e. The number of aromatic nitrogens is 1. The minimum absolute atomic E-state index is 0.0488. The van der Waals surface area contributed by atoms with E-state index >= 15 is 0 Å². The van der Waals surface area contributed by atoms with E-state index in [9.17, 15) is 9.59 Å². The molecule has 0 spiro atoms. The number of hydrogen-bond acceptors (Lipinski definition) is 6. The van der Waals surface area contributed by atoms with Crippen molar-refractivity contribution in [1.29, 1.82) is 0 Å². The van der Waals surface area contributed by atoms with Crippen molar-refractivity contribution >= 4 is 28.2 Å². The summed E-state index contributed by atoms with van der Waals surface area (Å²) in [6.07, 6.45) is 1.35. The highest BCUT2D eigenvalue weighted by Crippen LogP contribution is 2.50. The van der Waals surface area contributed by atoms with Crippen molar-refractivity contribution in [2.24, 2.45) is 17.8 Å². The van der Waals surface area contributed by atoms with Gasteiger partial charge in [-0.1, -0.05) is 26.0 Å². The Balaban J connectivity index is 1.64. The van der Waals surface area contributed by atoms with Crippen LogP contribution in [0.5, 0.6) is 5.75 Å².